The van der Waals surface area contributed by atoms with Crippen molar-refractivity contribution in [3.8, 4) is 11.4 Å². The van der Waals surface area contributed by atoms with Crippen LogP contribution >= 0.6 is 0 Å². The van der Waals surface area contributed by atoms with Gasteiger partial charge in [0, 0.05) is 30.3 Å². The fourth-order valence-electron chi connectivity index (χ4n) is 3.56. The Bertz CT molecular complexity index is 1060. The molecule has 3 heteroatoms. The van der Waals surface area contributed by atoms with Crippen LogP contribution < -0.4 is 4.57 Å². The number of aryl methyl sites for hydroxylation is 4. The SMILES string of the molecule is Cc1cn(C)c(-c2ccc3ccc4ccc[n+](C)c4c3c2C)n1. The van der Waals surface area contributed by atoms with E-state index in [0.29, 0.717) is 0 Å². The summed E-state index contributed by atoms with van der Waals surface area (Å²) in [5.41, 5.74) is 4.80. The minimum atomic E-state index is 1.03. The highest BCUT2D eigenvalue weighted by Crippen LogP contribution is 2.32. The van der Waals surface area contributed by atoms with Gasteiger partial charge < -0.3 is 4.57 Å². The van der Waals surface area contributed by atoms with E-state index in [9.17, 15) is 0 Å². The lowest BCUT2D eigenvalue weighted by molar-refractivity contribution is -0.644. The van der Waals surface area contributed by atoms with Crippen LogP contribution in [0, 0.1) is 13.8 Å². The third-order valence-electron chi connectivity index (χ3n) is 4.63. The lowest BCUT2D eigenvalue weighted by atomic mass is 9.97. The van der Waals surface area contributed by atoms with Crippen molar-refractivity contribution in [2.45, 2.75) is 13.8 Å². The molecule has 2 heterocycles. The summed E-state index contributed by atoms with van der Waals surface area (Å²) in [4.78, 5) is 4.71. The molecule has 4 aromatic rings. The van der Waals surface area contributed by atoms with Crippen LogP contribution in [0.15, 0.2) is 48.8 Å². The summed E-state index contributed by atoms with van der Waals surface area (Å²) in [6.45, 7) is 4.24. The van der Waals surface area contributed by atoms with Gasteiger partial charge in [-0.05, 0) is 36.9 Å². The third kappa shape index (κ3) is 2.04. The van der Waals surface area contributed by atoms with Crippen LogP contribution in [-0.2, 0) is 14.1 Å². The molecule has 0 saturated heterocycles. The molecular weight excluding hydrogens is 282 g/mol. The Kier molecular flexibility index (Phi) is 2.98. The number of benzene rings is 2. The number of hydrogen-bond donors (Lipinski definition) is 0. The molecule has 3 nitrogen and oxygen atoms in total. The predicted molar refractivity (Wildman–Crippen MR) is 94.3 cm³/mol. The number of pyridine rings is 1. The predicted octanol–water partition coefficient (Wildman–Crippen LogP) is 3.83. The van der Waals surface area contributed by atoms with Crippen molar-refractivity contribution in [3.63, 3.8) is 0 Å². The van der Waals surface area contributed by atoms with E-state index in [1.165, 1.54) is 32.8 Å². The van der Waals surface area contributed by atoms with Crippen molar-refractivity contribution in [2.75, 3.05) is 0 Å². The molecule has 0 amide bonds. The Morgan fingerprint density at radius 3 is 2.48 bits per heavy atom. The molecule has 0 aliphatic rings. The number of rotatable bonds is 1. The standard InChI is InChI=1S/C20H20N3/c1-13-12-23(4)20(21-13)17-10-9-15-7-8-16-6-5-11-22(3)19(16)18(15)14(17)2/h5-12H,1-4H3/q+1. The van der Waals surface area contributed by atoms with Crippen LogP contribution in [-0.4, -0.2) is 9.55 Å². The fourth-order valence-corrected chi connectivity index (χ4v) is 3.56. The van der Waals surface area contributed by atoms with Gasteiger partial charge in [-0.25, -0.2) is 9.55 Å². The first-order valence-corrected chi connectivity index (χ1v) is 7.87. The zero-order valence-electron chi connectivity index (χ0n) is 14.0. The maximum absolute atomic E-state index is 4.71. The monoisotopic (exact) mass is 302 g/mol. The summed E-state index contributed by atoms with van der Waals surface area (Å²) in [7, 11) is 4.17. The molecule has 0 unspecified atom stereocenters. The average molecular weight is 302 g/mol. The van der Waals surface area contributed by atoms with Gasteiger partial charge in [0.05, 0.1) is 11.1 Å². The van der Waals surface area contributed by atoms with E-state index in [2.05, 4.69) is 78.9 Å². The van der Waals surface area contributed by atoms with Gasteiger partial charge in [0.1, 0.15) is 12.9 Å². The first-order chi connectivity index (χ1) is 11.1. The highest BCUT2D eigenvalue weighted by Gasteiger charge is 2.16. The zero-order valence-corrected chi connectivity index (χ0v) is 14.0. The van der Waals surface area contributed by atoms with Crippen LogP contribution in [0.25, 0.3) is 33.1 Å². The Labute approximate surface area is 135 Å². The van der Waals surface area contributed by atoms with Crippen LogP contribution in [0.2, 0.25) is 0 Å². The lowest BCUT2D eigenvalue weighted by Crippen LogP contribution is -2.28. The minimum absolute atomic E-state index is 1.03. The summed E-state index contributed by atoms with van der Waals surface area (Å²) < 4.78 is 4.31. The Balaban J connectivity index is 2.15. The number of aromatic nitrogens is 3. The summed E-state index contributed by atoms with van der Waals surface area (Å²) >= 11 is 0. The van der Waals surface area contributed by atoms with Gasteiger partial charge in [0.25, 0.3) is 0 Å². The highest BCUT2D eigenvalue weighted by molar-refractivity contribution is 6.07. The van der Waals surface area contributed by atoms with Crippen molar-refractivity contribution in [2.24, 2.45) is 14.1 Å². The molecule has 2 aromatic heterocycles. The molecule has 0 bridgehead atoms. The Morgan fingerprint density at radius 2 is 1.74 bits per heavy atom. The van der Waals surface area contributed by atoms with E-state index < -0.39 is 0 Å². The quantitative estimate of drug-likeness (QED) is 0.387. The van der Waals surface area contributed by atoms with Gasteiger partial charge in [-0.1, -0.05) is 18.2 Å². The number of nitrogens with zero attached hydrogens (tertiary/aromatic N) is 3. The van der Waals surface area contributed by atoms with Gasteiger partial charge in [0.2, 0.25) is 5.52 Å². The third-order valence-corrected chi connectivity index (χ3v) is 4.63. The Morgan fingerprint density at radius 1 is 1.00 bits per heavy atom. The second-order valence-electron chi connectivity index (χ2n) is 6.28. The van der Waals surface area contributed by atoms with E-state index in [1.54, 1.807) is 0 Å². The molecule has 0 N–H and O–H groups in total. The molecule has 0 atom stereocenters. The molecule has 23 heavy (non-hydrogen) atoms. The zero-order chi connectivity index (χ0) is 16.1. The lowest BCUT2D eigenvalue weighted by Gasteiger charge is -2.10. The maximum Gasteiger partial charge on any atom is 0.220 e. The minimum Gasteiger partial charge on any atom is -0.334 e. The van der Waals surface area contributed by atoms with E-state index >= 15 is 0 Å². The van der Waals surface area contributed by atoms with Crippen molar-refractivity contribution >= 4 is 21.7 Å². The van der Waals surface area contributed by atoms with Gasteiger partial charge in [-0.2, -0.15) is 0 Å². The van der Waals surface area contributed by atoms with Crippen molar-refractivity contribution in [3.05, 3.63) is 60.0 Å². The van der Waals surface area contributed by atoms with Gasteiger partial charge in [-0.3, -0.25) is 0 Å². The van der Waals surface area contributed by atoms with E-state index in [1.807, 2.05) is 6.92 Å². The molecule has 0 fully saturated rings. The molecule has 0 saturated carbocycles. The maximum atomic E-state index is 4.71. The van der Waals surface area contributed by atoms with Crippen LogP contribution in [0.1, 0.15) is 11.3 Å². The normalized spacial score (nSPS) is 11.5. The summed E-state index contributed by atoms with van der Waals surface area (Å²) in [5, 5.41) is 3.84. The van der Waals surface area contributed by atoms with Crippen LogP contribution in [0.5, 0.6) is 0 Å². The molecule has 114 valence electrons. The fraction of sp³-hybridized carbons (Fsp3) is 0.200. The molecule has 0 aliphatic heterocycles. The first-order valence-electron chi connectivity index (χ1n) is 7.87. The molecule has 0 radical (unpaired) electrons. The molecule has 0 aliphatic carbocycles. The smallest absolute Gasteiger partial charge is 0.220 e. The van der Waals surface area contributed by atoms with Gasteiger partial charge in [-0.15, -0.1) is 0 Å². The van der Waals surface area contributed by atoms with Gasteiger partial charge in [0.15, 0.2) is 6.20 Å². The van der Waals surface area contributed by atoms with Crippen molar-refractivity contribution in [1.82, 2.24) is 9.55 Å². The topological polar surface area (TPSA) is 21.7 Å². The van der Waals surface area contributed by atoms with Crippen molar-refractivity contribution < 1.29 is 4.57 Å². The first kappa shape index (κ1) is 13.9. The molecule has 0 spiro atoms. The summed E-state index contributed by atoms with van der Waals surface area (Å²) in [6, 6.07) is 13.1. The van der Waals surface area contributed by atoms with Crippen LogP contribution in [0.4, 0.5) is 0 Å². The molecule has 4 rings (SSSR count). The largest absolute Gasteiger partial charge is 0.334 e. The molecule has 2 aromatic carbocycles. The van der Waals surface area contributed by atoms with Crippen molar-refractivity contribution in [1.29, 1.82) is 0 Å². The highest BCUT2D eigenvalue weighted by atomic mass is 15.0. The van der Waals surface area contributed by atoms with E-state index in [0.717, 1.165) is 11.5 Å². The van der Waals surface area contributed by atoms with Crippen LogP contribution in [0.3, 0.4) is 0 Å². The van der Waals surface area contributed by atoms with E-state index in [4.69, 9.17) is 4.98 Å². The summed E-state index contributed by atoms with van der Waals surface area (Å²) in [6.07, 6.45) is 4.18. The summed E-state index contributed by atoms with van der Waals surface area (Å²) in [5.74, 6) is 1.03. The second-order valence-corrected chi connectivity index (χ2v) is 6.28. The van der Waals surface area contributed by atoms with E-state index in [-0.39, 0.29) is 0 Å². The number of fused-ring (bicyclic) bond motifs is 3. The second kappa shape index (κ2) is 4.92. The number of imidazole rings is 1. The Hall–Kier alpha value is -2.68. The van der Waals surface area contributed by atoms with Gasteiger partial charge >= 0.3 is 0 Å². The average Bonchev–Trinajstić information content (AvgIpc) is 2.86. The molecular formula is C20H20N3+. The number of hydrogen-bond acceptors (Lipinski definition) is 1.